The van der Waals surface area contributed by atoms with Crippen molar-refractivity contribution in [1.82, 2.24) is 5.32 Å². The maximum atomic E-state index is 11.4. The number of alkyl carbamates (subject to hydrolysis) is 1. The van der Waals surface area contributed by atoms with Crippen LogP contribution in [0.2, 0.25) is 0 Å². The highest BCUT2D eigenvalue weighted by Gasteiger charge is 2.19. The van der Waals surface area contributed by atoms with Gasteiger partial charge >= 0.3 is 6.09 Å². The molecule has 0 heterocycles. The van der Waals surface area contributed by atoms with E-state index >= 15 is 0 Å². The Morgan fingerprint density at radius 3 is 2.00 bits per heavy atom. The lowest BCUT2D eigenvalue weighted by Gasteiger charge is -2.22. The zero-order valence-electron chi connectivity index (χ0n) is 10.1. The third-order valence-corrected chi connectivity index (χ3v) is 1.46. The summed E-state index contributed by atoms with van der Waals surface area (Å²) < 4.78 is 15.0. The lowest BCUT2D eigenvalue weighted by molar-refractivity contribution is 0.0401. The molecule has 0 radical (unpaired) electrons. The van der Waals surface area contributed by atoms with Crippen LogP contribution in [-0.2, 0) is 14.2 Å². The molecule has 90 valence electrons. The van der Waals surface area contributed by atoms with Gasteiger partial charge in [-0.25, -0.2) is 4.79 Å². The van der Waals surface area contributed by atoms with Crippen LogP contribution in [0.4, 0.5) is 4.79 Å². The van der Waals surface area contributed by atoms with Crippen LogP contribution in [0.25, 0.3) is 0 Å². The second kappa shape index (κ2) is 6.63. The van der Waals surface area contributed by atoms with E-state index in [2.05, 4.69) is 5.32 Å². The Bertz CT molecular complexity index is 182. The lowest BCUT2D eigenvalue weighted by atomic mass is 10.2. The van der Waals surface area contributed by atoms with Crippen molar-refractivity contribution in [2.45, 2.75) is 32.4 Å². The van der Waals surface area contributed by atoms with Crippen LogP contribution in [0.5, 0.6) is 0 Å². The third-order valence-electron chi connectivity index (χ3n) is 1.46. The number of nitrogens with one attached hydrogen (secondary N) is 1. The van der Waals surface area contributed by atoms with Crippen molar-refractivity contribution >= 4 is 6.09 Å². The van der Waals surface area contributed by atoms with E-state index < -0.39 is 11.7 Å². The first-order valence-electron chi connectivity index (χ1n) is 4.86. The molecule has 0 fully saturated rings. The number of carbonyl (C=O) groups excluding carboxylic acids is 1. The summed E-state index contributed by atoms with van der Waals surface area (Å²) in [7, 11) is 3.14. The fourth-order valence-corrected chi connectivity index (χ4v) is 1.01. The summed E-state index contributed by atoms with van der Waals surface area (Å²) in [5.74, 6) is 0. The smallest absolute Gasteiger partial charge is 0.408 e. The van der Waals surface area contributed by atoms with Crippen molar-refractivity contribution in [2.75, 3.05) is 27.4 Å². The van der Waals surface area contributed by atoms with E-state index in [4.69, 9.17) is 14.2 Å². The van der Waals surface area contributed by atoms with Gasteiger partial charge in [-0.3, -0.25) is 0 Å². The quantitative estimate of drug-likeness (QED) is 0.754. The zero-order valence-corrected chi connectivity index (χ0v) is 10.1. The first kappa shape index (κ1) is 14.2. The van der Waals surface area contributed by atoms with Gasteiger partial charge in [-0.05, 0) is 20.8 Å². The van der Waals surface area contributed by atoms with Crippen LogP contribution in [0.3, 0.4) is 0 Å². The van der Waals surface area contributed by atoms with Gasteiger partial charge in [-0.2, -0.15) is 0 Å². The molecule has 0 aliphatic heterocycles. The molecule has 0 spiro atoms. The standard InChI is InChI=1S/C10H21NO4/c1-10(2,3)15-9(12)11-8(6-13-4)7-14-5/h8H,6-7H2,1-5H3,(H,11,12). The van der Waals surface area contributed by atoms with Crippen molar-refractivity contribution in [3.8, 4) is 0 Å². The molecule has 0 unspecified atom stereocenters. The molecule has 0 aromatic heterocycles. The average Bonchev–Trinajstić information content (AvgIpc) is 2.00. The first-order chi connectivity index (χ1) is 6.89. The number of ether oxygens (including phenoxy) is 3. The Hall–Kier alpha value is -0.810. The number of carbonyl (C=O) groups is 1. The highest BCUT2D eigenvalue weighted by Crippen LogP contribution is 2.06. The van der Waals surface area contributed by atoms with Crippen molar-refractivity contribution in [2.24, 2.45) is 0 Å². The summed E-state index contributed by atoms with van der Waals surface area (Å²) >= 11 is 0. The molecule has 5 heteroatoms. The molecule has 0 saturated carbocycles. The largest absolute Gasteiger partial charge is 0.444 e. The van der Waals surface area contributed by atoms with E-state index in [1.807, 2.05) is 20.8 Å². The van der Waals surface area contributed by atoms with E-state index in [0.29, 0.717) is 13.2 Å². The Labute approximate surface area is 91.1 Å². The molecule has 0 aromatic carbocycles. The molecule has 1 amide bonds. The maximum Gasteiger partial charge on any atom is 0.408 e. The van der Waals surface area contributed by atoms with Crippen LogP contribution in [-0.4, -0.2) is 45.2 Å². The summed E-state index contributed by atoms with van der Waals surface area (Å²) in [6.07, 6.45) is -0.457. The van der Waals surface area contributed by atoms with Gasteiger partial charge in [0.05, 0.1) is 19.3 Å². The highest BCUT2D eigenvalue weighted by molar-refractivity contribution is 5.68. The lowest BCUT2D eigenvalue weighted by Crippen LogP contribution is -2.43. The predicted molar refractivity (Wildman–Crippen MR) is 56.9 cm³/mol. The molecule has 0 aromatic rings. The second-order valence-corrected chi connectivity index (χ2v) is 4.25. The van der Waals surface area contributed by atoms with Gasteiger partial charge in [0.1, 0.15) is 5.60 Å². The van der Waals surface area contributed by atoms with E-state index in [0.717, 1.165) is 0 Å². The fraction of sp³-hybridized carbons (Fsp3) is 0.900. The Morgan fingerprint density at radius 1 is 1.20 bits per heavy atom. The number of hydrogen-bond acceptors (Lipinski definition) is 4. The maximum absolute atomic E-state index is 11.4. The first-order valence-corrected chi connectivity index (χ1v) is 4.86. The van der Waals surface area contributed by atoms with Crippen LogP contribution in [0.1, 0.15) is 20.8 Å². The Kier molecular flexibility index (Phi) is 6.27. The molecule has 0 rings (SSSR count). The topological polar surface area (TPSA) is 56.8 Å². The molecule has 0 aliphatic carbocycles. The fourth-order valence-electron chi connectivity index (χ4n) is 1.01. The molecule has 15 heavy (non-hydrogen) atoms. The minimum atomic E-state index is -0.491. The van der Waals surface area contributed by atoms with Gasteiger partial charge in [0.2, 0.25) is 0 Å². The van der Waals surface area contributed by atoms with Gasteiger partial charge < -0.3 is 19.5 Å². The number of rotatable bonds is 5. The average molecular weight is 219 g/mol. The summed E-state index contributed by atoms with van der Waals surface area (Å²) in [4.78, 5) is 11.4. The van der Waals surface area contributed by atoms with Gasteiger partial charge in [-0.15, -0.1) is 0 Å². The van der Waals surface area contributed by atoms with E-state index in [1.54, 1.807) is 14.2 Å². The molecule has 0 bridgehead atoms. The van der Waals surface area contributed by atoms with Gasteiger partial charge in [0.25, 0.3) is 0 Å². The number of amides is 1. The molecule has 0 saturated heterocycles. The van der Waals surface area contributed by atoms with Crippen LogP contribution >= 0.6 is 0 Å². The third kappa shape index (κ3) is 8.20. The van der Waals surface area contributed by atoms with E-state index in [9.17, 15) is 4.79 Å². The monoisotopic (exact) mass is 219 g/mol. The summed E-state index contributed by atoms with van der Waals surface area (Å²) in [5, 5.41) is 2.66. The summed E-state index contributed by atoms with van der Waals surface area (Å²) in [5.41, 5.74) is -0.491. The normalized spacial score (nSPS) is 11.6. The minimum Gasteiger partial charge on any atom is -0.444 e. The number of methoxy groups -OCH3 is 2. The molecule has 0 aliphatic rings. The molecule has 0 atom stereocenters. The Balaban J connectivity index is 3.99. The van der Waals surface area contributed by atoms with Crippen molar-refractivity contribution in [1.29, 1.82) is 0 Å². The summed E-state index contributed by atoms with van der Waals surface area (Å²) in [6, 6.07) is -0.185. The minimum absolute atomic E-state index is 0.185. The van der Waals surface area contributed by atoms with Crippen LogP contribution in [0, 0.1) is 0 Å². The van der Waals surface area contributed by atoms with E-state index in [-0.39, 0.29) is 6.04 Å². The van der Waals surface area contributed by atoms with Gasteiger partial charge in [-0.1, -0.05) is 0 Å². The Morgan fingerprint density at radius 2 is 1.67 bits per heavy atom. The molecule has 1 N–H and O–H groups in total. The molecule has 5 nitrogen and oxygen atoms in total. The second-order valence-electron chi connectivity index (χ2n) is 4.25. The van der Waals surface area contributed by atoms with E-state index in [1.165, 1.54) is 0 Å². The van der Waals surface area contributed by atoms with Crippen molar-refractivity contribution < 1.29 is 19.0 Å². The molecular formula is C10H21NO4. The number of hydrogen-bond donors (Lipinski definition) is 1. The summed E-state index contributed by atoms with van der Waals surface area (Å²) in [6.45, 7) is 6.23. The molecular weight excluding hydrogens is 198 g/mol. The van der Waals surface area contributed by atoms with Crippen molar-refractivity contribution in [3.63, 3.8) is 0 Å². The highest BCUT2D eigenvalue weighted by atomic mass is 16.6. The van der Waals surface area contributed by atoms with Crippen LogP contribution < -0.4 is 5.32 Å². The van der Waals surface area contributed by atoms with Gasteiger partial charge in [0, 0.05) is 14.2 Å². The van der Waals surface area contributed by atoms with Crippen LogP contribution in [0.15, 0.2) is 0 Å². The SMILES string of the molecule is COCC(COC)NC(=O)OC(C)(C)C. The van der Waals surface area contributed by atoms with Crippen molar-refractivity contribution in [3.05, 3.63) is 0 Å². The van der Waals surface area contributed by atoms with Gasteiger partial charge in [0.15, 0.2) is 0 Å². The zero-order chi connectivity index (χ0) is 11.9. The predicted octanol–water partition coefficient (Wildman–Crippen LogP) is 1.17.